The van der Waals surface area contributed by atoms with E-state index in [-0.39, 0.29) is 22.5 Å². The number of fused-ring (bicyclic) bond motifs is 2. The number of para-hydroxylation sites is 2. The van der Waals surface area contributed by atoms with Gasteiger partial charge < -0.3 is 4.90 Å². The average molecular weight is 446 g/mol. The number of thiophene rings is 1. The molecule has 0 spiro atoms. The Kier molecular flexibility index (Phi) is 4.72. The summed E-state index contributed by atoms with van der Waals surface area (Å²) in [5.74, 6) is -0.756. The lowest BCUT2D eigenvalue weighted by Crippen LogP contribution is -2.52. The first-order valence-electron chi connectivity index (χ1n) is 9.83. The first kappa shape index (κ1) is 19.7. The smallest absolute Gasteiger partial charge is 0.265 e. The van der Waals surface area contributed by atoms with Crippen molar-refractivity contribution in [2.45, 2.75) is 6.42 Å². The van der Waals surface area contributed by atoms with Crippen LogP contribution in [0.15, 0.2) is 66.2 Å². The van der Waals surface area contributed by atoms with E-state index in [4.69, 9.17) is 12.2 Å². The second-order valence-corrected chi connectivity index (χ2v) is 8.97. The zero-order chi connectivity index (χ0) is 21.7. The summed E-state index contributed by atoms with van der Waals surface area (Å²) in [6, 6.07) is 20.8. The van der Waals surface area contributed by atoms with Gasteiger partial charge in [0.25, 0.3) is 11.8 Å². The van der Waals surface area contributed by atoms with E-state index in [9.17, 15) is 9.59 Å². The van der Waals surface area contributed by atoms with Gasteiger partial charge in [0.15, 0.2) is 5.11 Å². The van der Waals surface area contributed by atoms with Gasteiger partial charge in [-0.2, -0.15) is 0 Å². The molecule has 5 rings (SSSR count). The van der Waals surface area contributed by atoms with Gasteiger partial charge >= 0.3 is 0 Å². The van der Waals surface area contributed by atoms with Crippen molar-refractivity contribution in [2.75, 3.05) is 19.0 Å². The van der Waals surface area contributed by atoms with Crippen LogP contribution in [0.25, 0.3) is 6.08 Å². The number of likely N-dealkylation sites (N-methyl/N-ethyl adjacent to an activating group) is 2. The molecule has 0 radical (unpaired) electrons. The predicted molar refractivity (Wildman–Crippen MR) is 128 cm³/mol. The van der Waals surface area contributed by atoms with Gasteiger partial charge in [-0.05, 0) is 53.7 Å². The minimum atomic E-state index is -0.378. The highest BCUT2D eigenvalue weighted by Crippen LogP contribution is 2.46. The van der Waals surface area contributed by atoms with Gasteiger partial charge in [0, 0.05) is 25.4 Å². The second-order valence-electron chi connectivity index (χ2n) is 7.51. The molecular formula is C24H19N3O2S2. The molecule has 154 valence electrons. The summed E-state index contributed by atoms with van der Waals surface area (Å²) in [5.41, 5.74) is 4.95. The molecule has 7 heteroatoms. The van der Waals surface area contributed by atoms with Crippen LogP contribution in [-0.4, -0.2) is 40.8 Å². The maximum atomic E-state index is 12.6. The number of carbonyl (C=O) groups is 2. The van der Waals surface area contributed by atoms with Crippen molar-refractivity contribution in [3.8, 4) is 0 Å². The Morgan fingerprint density at radius 2 is 1.39 bits per heavy atom. The van der Waals surface area contributed by atoms with Gasteiger partial charge in [0.05, 0.1) is 11.4 Å². The Bertz CT molecular complexity index is 1210. The van der Waals surface area contributed by atoms with Gasteiger partial charge in [-0.15, -0.1) is 11.3 Å². The Balaban J connectivity index is 1.57. The summed E-state index contributed by atoms with van der Waals surface area (Å²) in [6.45, 7) is 0. The molecule has 31 heavy (non-hydrogen) atoms. The Hall–Kier alpha value is -3.29. The van der Waals surface area contributed by atoms with E-state index >= 15 is 0 Å². The zero-order valence-corrected chi connectivity index (χ0v) is 18.7. The van der Waals surface area contributed by atoms with E-state index in [1.807, 2.05) is 24.3 Å². The first-order valence-corrected chi connectivity index (χ1v) is 11.1. The molecule has 0 bridgehead atoms. The summed E-state index contributed by atoms with van der Waals surface area (Å²) >= 11 is 6.71. The van der Waals surface area contributed by atoms with E-state index in [2.05, 4.69) is 41.3 Å². The highest BCUT2D eigenvalue weighted by Gasteiger charge is 2.35. The third kappa shape index (κ3) is 3.17. The van der Waals surface area contributed by atoms with Gasteiger partial charge in [0.1, 0.15) is 10.6 Å². The molecule has 0 unspecified atom stereocenters. The van der Waals surface area contributed by atoms with Gasteiger partial charge in [0.2, 0.25) is 0 Å². The van der Waals surface area contributed by atoms with Gasteiger partial charge in [-0.25, -0.2) is 0 Å². The van der Waals surface area contributed by atoms with Crippen LogP contribution in [0.5, 0.6) is 0 Å². The second kappa shape index (κ2) is 7.44. The highest BCUT2D eigenvalue weighted by molar-refractivity contribution is 7.80. The Morgan fingerprint density at radius 3 is 1.97 bits per heavy atom. The third-order valence-corrected chi connectivity index (χ3v) is 7.17. The monoisotopic (exact) mass is 445 g/mol. The van der Waals surface area contributed by atoms with E-state index < -0.39 is 0 Å². The molecule has 2 aromatic carbocycles. The number of anilines is 3. The number of amides is 2. The van der Waals surface area contributed by atoms with Crippen molar-refractivity contribution >= 4 is 62.9 Å². The molecule has 0 aliphatic carbocycles. The summed E-state index contributed by atoms with van der Waals surface area (Å²) < 4.78 is 0. The molecule has 0 saturated carbocycles. The molecule has 1 saturated heterocycles. The van der Waals surface area contributed by atoms with Crippen LogP contribution >= 0.6 is 23.6 Å². The predicted octanol–water partition coefficient (Wildman–Crippen LogP) is 4.72. The minimum absolute atomic E-state index is 0.117. The Morgan fingerprint density at radius 1 is 0.839 bits per heavy atom. The van der Waals surface area contributed by atoms with Crippen LogP contribution in [0.1, 0.15) is 16.0 Å². The van der Waals surface area contributed by atoms with Crippen molar-refractivity contribution in [3.63, 3.8) is 0 Å². The van der Waals surface area contributed by atoms with Crippen molar-refractivity contribution in [2.24, 2.45) is 0 Å². The van der Waals surface area contributed by atoms with Crippen LogP contribution in [0.3, 0.4) is 0 Å². The Labute approximate surface area is 189 Å². The van der Waals surface area contributed by atoms with Crippen molar-refractivity contribution in [1.82, 2.24) is 9.80 Å². The molecule has 2 aliphatic heterocycles. The van der Waals surface area contributed by atoms with Crippen LogP contribution in [0.2, 0.25) is 0 Å². The van der Waals surface area contributed by atoms with E-state index in [1.54, 1.807) is 31.5 Å². The number of rotatable bonds is 2. The van der Waals surface area contributed by atoms with Crippen LogP contribution < -0.4 is 4.90 Å². The SMILES string of the molecule is CN1C(=O)C(=Cc2ccc(N3c4ccccc4Cc4ccccc43)s2)C(=O)N(C)C1=S. The van der Waals surface area contributed by atoms with E-state index in [0.717, 1.165) is 27.7 Å². The molecule has 1 fully saturated rings. The lowest BCUT2D eigenvalue weighted by molar-refractivity contribution is -0.132. The summed E-state index contributed by atoms with van der Waals surface area (Å²) in [4.78, 5) is 31.0. The first-order chi connectivity index (χ1) is 15.0. The topological polar surface area (TPSA) is 43.9 Å². The molecule has 2 amide bonds. The number of nitrogens with zero attached hydrogens (tertiary/aromatic N) is 3. The van der Waals surface area contributed by atoms with Crippen molar-refractivity contribution < 1.29 is 9.59 Å². The lowest BCUT2D eigenvalue weighted by Gasteiger charge is -2.32. The number of hydrogen-bond acceptors (Lipinski definition) is 5. The van der Waals surface area contributed by atoms with Crippen molar-refractivity contribution in [3.05, 3.63) is 82.2 Å². The van der Waals surface area contributed by atoms with Crippen molar-refractivity contribution in [1.29, 1.82) is 0 Å². The van der Waals surface area contributed by atoms with Gasteiger partial charge in [-0.1, -0.05) is 36.4 Å². The maximum Gasteiger partial charge on any atom is 0.265 e. The quantitative estimate of drug-likeness (QED) is 0.254. The van der Waals surface area contributed by atoms with Gasteiger partial charge in [-0.3, -0.25) is 19.4 Å². The molecule has 1 aromatic heterocycles. The minimum Gasteiger partial charge on any atom is -0.301 e. The fourth-order valence-electron chi connectivity index (χ4n) is 3.99. The normalized spacial score (nSPS) is 15.9. The van der Waals surface area contributed by atoms with Crippen LogP contribution in [0.4, 0.5) is 16.4 Å². The van der Waals surface area contributed by atoms with E-state index in [0.29, 0.717) is 0 Å². The largest absolute Gasteiger partial charge is 0.301 e. The molecule has 5 nitrogen and oxygen atoms in total. The zero-order valence-electron chi connectivity index (χ0n) is 17.0. The number of thiocarbonyl (C=S) groups is 1. The fraction of sp³-hybridized carbons (Fsp3) is 0.125. The molecule has 0 atom stereocenters. The maximum absolute atomic E-state index is 12.6. The third-order valence-electron chi connectivity index (χ3n) is 5.61. The van der Waals surface area contributed by atoms with Crippen LogP contribution in [-0.2, 0) is 16.0 Å². The molecule has 3 heterocycles. The molecular weight excluding hydrogens is 426 g/mol. The molecule has 0 N–H and O–H groups in total. The summed E-state index contributed by atoms with van der Waals surface area (Å²) in [7, 11) is 3.17. The fourth-order valence-corrected chi connectivity index (χ4v) is 5.13. The molecule has 3 aromatic rings. The summed E-state index contributed by atoms with van der Waals surface area (Å²) in [5, 5.41) is 1.24. The number of benzene rings is 2. The number of hydrogen-bond donors (Lipinski definition) is 0. The van der Waals surface area contributed by atoms with Crippen LogP contribution in [0, 0.1) is 0 Å². The lowest BCUT2D eigenvalue weighted by atomic mass is 9.96. The summed E-state index contributed by atoms with van der Waals surface area (Å²) in [6.07, 6.45) is 2.56. The van der Waals surface area contributed by atoms with E-state index in [1.165, 1.54) is 20.9 Å². The number of carbonyl (C=O) groups excluding carboxylic acids is 2. The average Bonchev–Trinajstić information content (AvgIpc) is 3.25. The standard InChI is InChI=1S/C24H19N3O2S2/c1-25-22(28)18(23(29)26(2)24(25)30)14-17-11-12-21(31-17)27-19-9-5-3-7-15(19)13-16-8-4-6-10-20(16)27/h3-12,14H,13H2,1-2H3. The highest BCUT2D eigenvalue weighted by atomic mass is 32.1. The molecule has 2 aliphatic rings.